The summed E-state index contributed by atoms with van der Waals surface area (Å²) < 4.78 is 4.79. The van der Waals surface area contributed by atoms with Crippen molar-refractivity contribution in [1.29, 1.82) is 0 Å². The highest BCUT2D eigenvalue weighted by atomic mass is 16.5. The fourth-order valence-electron chi connectivity index (χ4n) is 2.21. The van der Waals surface area contributed by atoms with E-state index in [1.807, 2.05) is 37.3 Å². The van der Waals surface area contributed by atoms with Crippen LogP contribution in [-0.4, -0.2) is 23.0 Å². The fourth-order valence-corrected chi connectivity index (χ4v) is 2.21. The van der Waals surface area contributed by atoms with Crippen molar-refractivity contribution < 1.29 is 9.53 Å². The zero-order chi connectivity index (χ0) is 15.5. The lowest BCUT2D eigenvalue weighted by Gasteiger charge is -2.11. The minimum atomic E-state index is -0.380. The van der Waals surface area contributed by atoms with Crippen LogP contribution in [0.1, 0.15) is 16.1 Å². The summed E-state index contributed by atoms with van der Waals surface area (Å²) in [6.07, 6.45) is 1.70. The van der Waals surface area contributed by atoms with Crippen LogP contribution >= 0.6 is 0 Å². The van der Waals surface area contributed by atoms with Gasteiger partial charge in [0.2, 0.25) is 0 Å². The first-order valence-corrected chi connectivity index (χ1v) is 6.85. The van der Waals surface area contributed by atoms with Crippen molar-refractivity contribution >= 4 is 28.4 Å². The molecule has 5 nitrogen and oxygen atoms in total. The van der Waals surface area contributed by atoms with Gasteiger partial charge in [-0.1, -0.05) is 12.1 Å². The molecule has 0 spiro atoms. The average molecular weight is 293 g/mol. The van der Waals surface area contributed by atoms with Crippen molar-refractivity contribution in [1.82, 2.24) is 9.97 Å². The minimum absolute atomic E-state index is 0.380. The van der Waals surface area contributed by atoms with Crippen LogP contribution in [0.15, 0.2) is 48.7 Å². The lowest BCUT2D eigenvalue weighted by molar-refractivity contribution is 0.0602. The number of aryl methyl sites for hydroxylation is 1. The molecule has 0 fully saturated rings. The molecular weight excluding hydrogens is 278 g/mol. The summed E-state index contributed by atoms with van der Waals surface area (Å²) in [6, 6.07) is 13.1. The summed E-state index contributed by atoms with van der Waals surface area (Å²) in [5.41, 5.74) is 3.57. The van der Waals surface area contributed by atoms with E-state index < -0.39 is 0 Å². The first-order chi connectivity index (χ1) is 10.7. The number of para-hydroxylation sites is 1. The Morgan fingerprint density at radius 3 is 2.82 bits per heavy atom. The van der Waals surface area contributed by atoms with Crippen LogP contribution in [0.4, 0.5) is 11.4 Å². The van der Waals surface area contributed by atoms with Crippen LogP contribution in [0.3, 0.4) is 0 Å². The van der Waals surface area contributed by atoms with Gasteiger partial charge in [0.05, 0.1) is 30.2 Å². The van der Waals surface area contributed by atoms with E-state index in [9.17, 15) is 4.79 Å². The van der Waals surface area contributed by atoms with Gasteiger partial charge in [0.25, 0.3) is 0 Å². The molecule has 110 valence electrons. The number of pyridine rings is 2. The lowest BCUT2D eigenvalue weighted by atomic mass is 10.1. The molecule has 2 aromatic heterocycles. The number of fused-ring (bicyclic) bond motifs is 1. The maximum atomic E-state index is 11.8. The summed E-state index contributed by atoms with van der Waals surface area (Å²) in [4.78, 5) is 20.5. The maximum Gasteiger partial charge on any atom is 0.339 e. The zero-order valence-corrected chi connectivity index (χ0v) is 12.3. The molecule has 0 radical (unpaired) electrons. The smallest absolute Gasteiger partial charge is 0.339 e. The van der Waals surface area contributed by atoms with Crippen LogP contribution < -0.4 is 5.32 Å². The van der Waals surface area contributed by atoms with Gasteiger partial charge >= 0.3 is 5.97 Å². The predicted molar refractivity (Wildman–Crippen MR) is 85.3 cm³/mol. The number of benzene rings is 1. The third-order valence-corrected chi connectivity index (χ3v) is 3.29. The monoisotopic (exact) mass is 293 g/mol. The molecule has 0 aliphatic rings. The van der Waals surface area contributed by atoms with E-state index >= 15 is 0 Å². The Kier molecular flexibility index (Phi) is 3.70. The van der Waals surface area contributed by atoms with Crippen LogP contribution in [0.5, 0.6) is 0 Å². The summed E-state index contributed by atoms with van der Waals surface area (Å²) in [6.45, 7) is 1.93. The van der Waals surface area contributed by atoms with Gasteiger partial charge in [-0.15, -0.1) is 0 Å². The number of methoxy groups -OCH3 is 1. The number of hydrogen-bond acceptors (Lipinski definition) is 5. The Morgan fingerprint density at radius 2 is 2.00 bits per heavy atom. The molecule has 0 bridgehead atoms. The molecular formula is C17H15N3O2. The second-order valence-electron chi connectivity index (χ2n) is 4.89. The Hall–Kier alpha value is -2.95. The molecule has 0 aliphatic heterocycles. The zero-order valence-electron chi connectivity index (χ0n) is 12.3. The van der Waals surface area contributed by atoms with Gasteiger partial charge in [-0.2, -0.15) is 0 Å². The van der Waals surface area contributed by atoms with Gasteiger partial charge in [-0.3, -0.25) is 0 Å². The van der Waals surface area contributed by atoms with Crippen molar-refractivity contribution in [2.75, 3.05) is 12.4 Å². The molecule has 22 heavy (non-hydrogen) atoms. The highest BCUT2D eigenvalue weighted by Crippen LogP contribution is 2.23. The second-order valence-corrected chi connectivity index (χ2v) is 4.89. The van der Waals surface area contributed by atoms with Crippen LogP contribution in [0.2, 0.25) is 0 Å². The summed E-state index contributed by atoms with van der Waals surface area (Å²) in [5.74, 6) is -0.380. The van der Waals surface area contributed by atoms with Crippen molar-refractivity contribution in [3.8, 4) is 0 Å². The molecule has 5 heteroatoms. The largest absolute Gasteiger partial charge is 0.465 e. The third-order valence-electron chi connectivity index (χ3n) is 3.29. The molecule has 0 aliphatic carbocycles. The summed E-state index contributed by atoms with van der Waals surface area (Å²) in [5, 5.41) is 4.14. The fraction of sp³-hybridized carbons (Fsp3) is 0.118. The molecule has 2 heterocycles. The van der Waals surface area contributed by atoms with E-state index in [0.29, 0.717) is 16.9 Å². The number of anilines is 2. The molecule has 0 amide bonds. The summed E-state index contributed by atoms with van der Waals surface area (Å²) in [7, 11) is 1.37. The number of esters is 1. The highest BCUT2D eigenvalue weighted by Gasteiger charge is 2.11. The number of aromatic nitrogens is 2. The van der Waals surface area contributed by atoms with Gasteiger partial charge in [0.15, 0.2) is 5.65 Å². The number of hydrogen-bond donors (Lipinski definition) is 1. The molecule has 3 rings (SSSR count). The van der Waals surface area contributed by atoms with E-state index in [4.69, 9.17) is 4.74 Å². The van der Waals surface area contributed by atoms with Crippen molar-refractivity contribution in [2.45, 2.75) is 6.92 Å². The normalized spacial score (nSPS) is 10.5. The Labute approximate surface area is 128 Å². The summed E-state index contributed by atoms with van der Waals surface area (Å²) >= 11 is 0. The first-order valence-electron chi connectivity index (χ1n) is 6.85. The quantitative estimate of drug-likeness (QED) is 0.749. The molecule has 0 saturated carbocycles. The molecule has 1 aromatic carbocycles. The highest BCUT2D eigenvalue weighted by molar-refractivity contribution is 5.96. The predicted octanol–water partition coefficient (Wildman–Crippen LogP) is 3.47. The standard InChI is InChI=1S/C17H15N3O2/c1-11-7-8-12-9-13(10-18-16(12)19-11)20-15-6-4-3-5-14(15)17(21)22-2/h3-10,20H,1-2H3. The SMILES string of the molecule is COC(=O)c1ccccc1Nc1cnc2nc(C)ccc2c1. The van der Waals surface area contributed by atoms with E-state index in [1.54, 1.807) is 18.3 Å². The third kappa shape index (κ3) is 2.74. The number of ether oxygens (including phenoxy) is 1. The van der Waals surface area contributed by atoms with Crippen molar-refractivity contribution in [2.24, 2.45) is 0 Å². The molecule has 0 saturated heterocycles. The van der Waals surface area contributed by atoms with E-state index in [1.165, 1.54) is 7.11 Å². The molecule has 3 aromatic rings. The number of nitrogens with zero attached hydrogens (tertiary/aromatic N) is 2. The minimum Gasteiger partial charge on any atom is -0.465 e. The van der Waals surface area contributed by atoms with E-state index in [2.05, 4.69) is 15.3 Å². The van der Waals surface area contributed by atoms with Crippen LogP contribution in [-0.2, 0) is 4.74 Å². The van der Waals surface area contributed by atoms with Gasteiger partial charge in [-0.05, 0) is 37.3 Å². The second kappa shape index (κ2) is 5.81. The van der Waals surface area contributed by atoms with E-state index in [-0.39, 0.29) is 5.97 Å². The number of rotatable bonds is 3. The Balaban J connectivity index is 1.97. The topological polar surface area (TPSA) is 64.1 Å². The van der Waals surface area contributed by atoms with Gasteiger partial charge < -0.3 is 10.1 Å². The van der Waals surface area contributed by atoms with Gasteiger partial charge in [-0.25, -0.2) is 14.8 Å². The Morgan fingerprint density at radius 1 is 1.18 bits per heavy atom. The Bertz CT molecular complexity index is 846. The first kappa shape index (κ1) is 14.0. The molecule has 0 unspecified atom stereocenters. The number of nitrogens with one attached hydrogen (secondary N) is 1. The van der Waals surface area contributed by atoms with E-state index in [0.717, 1.165) is 16.8 Å². The lowest BCUT2D eigenvalue weighted by Crippen LogP contribution is -2.05. The van der Waals surface area contributed by atoms with Gasteiger partial charge in [0, 0.05) is 11.1 Å². The van der Waals surface area contributed by atoms with Crippen LogP contribution in [0.25, 0.3) is 11.0 Å². The average Bonchev–Trinajstić information content (AvgIpc) is 2.55. The maximum absolute atomic E-state index is 11.8. The molecule has 0 atom stereocenters. The van der Waals surface area contributed by atoms with Crippen LogP contribution in [0, 0.1) is 6.92 Å². The van der Waals surface area contributed by atoms with Crippen molar-refractivity contribution in [3.63, 3.8) is 0 Å². The van der Waals surface area contributed by atoms with Crippen molar-refractivity contribution in [3.05, 3.63) is 59.9 Å². The number of carbonyl (C=O) groups excluding carboxylic acids is 1. The number of carbonyl (C=O) groups is 1. The van der Waals surface area contributed by atoms with Gasteiger partial charge in [0.1, 0.15) is 0 Å². The molecule has 1 N–H and O–H groups in total.